The Labute approximate surface area is 147 Å². The first-order valence-electron chi connectivity index (χ1n) is 7.28. The summed E-state index contributed by atoms with van der Waals surface area (Å²) < 4.78 is 5.07. The molecule has 0 aliphatic heterocycles. The highest BCUT2D eigenvalue weighted by Gasteiger charge is 2.10. The largest absolute Gasteiger partial charge is 0.497 e. The molecule has 3 aromatic rings. The lowest BCUT2D eigenvalue weighted by atomic mass is 10.2. The molecule has 3 rings (SSSR count). The maximum atomic E-state index is 12.2. The Hall–Kier alpha value is -3.26. The van der Waals surface area contributed by atoms with Crippen molar-refractivity contribution in [1.29, 1.82) is 0 Å². The van der Waals surface area contributed by atoms with Crippen LogP contribution in [0.4, 0.5) is 0 Å². The molecule has 0 fully saturated rings. The minimum Gasteiger partial charge on any atom is -0.497 e. The van der Waals surface area contributed by atoms with Crippen molar-refractivity contribution >= 4 is 23.5 Å². The number of nitrogens with zero attached hydrogens (tertiary/aromatic N) is 2. The van der Waals surface area contributed by atoms with Gasteiger partial charge in [0.25, 0.3) is 5.91 Å². The molecule has 7 nitrogen and oxygen atoms in total. The van der Waals surface area contributed by atoms with Gasteiger partial charge in [-0.3, -0.25) is 4.79 Å². The van der Waals surface area contributed by atoms with Crippen LogP contribution in [0.15, 0.2) is 57.7 Å². The fourth-order valence-electron chi connectivity index (χ4n) is 2.05. The van der Waals surface area contributed by atoms with Gasteiger partial charge in [0.2, 0.25) is 0 Å². The molecule has 0 aliphatic rings. The quantitative estimate of drug-likeness (QED) is 0.543. The van der Waals surface area contributed by atoms with Gasteiger partial charge in [-0.05, 0) is 47.3 Å². The lowest BCUT2D eigenvalue weighted by molar-refractivity contribution is 0.0949. The highest BCUT2D eigenvalue weighted by Crippen LogP contribution is 2.21. The first-order chi connectivity index (χ1) is 12.2. The van der Waals surface area contributed by atoms with Crippen molar-refractivity contribution in [3.63, 3.8) is 0 Å². The van der Waals surface area contributed by atoms with Crippen LogP contribution in [0.3, 0.4) is 0 Å². The van der Waals surface area contributed by atoms with Crippen LogP contribution in [0.1, 0.15) is 16.1 Å². The molecule has 126 valence electrons. The number of methoxy groups -OCH3 is 1. The molecule has 25 heavy (non-hydrogen) atoms. The molecule has 0 atom stereocenters. The summed E-state index contributed by atoms with van der Waals surface area (Å²) in [6.45, 7) is 0. The molecule has 8 heteroatoms. The SMILES string of the molecule is COc1ccc(/C=N/NC(=O)c2cc(-c3cccs3)[nH]c(=O)n2)cc1. The van der Waals surface area contributed by atoms with Crippen LogP contribution in [-0.2, 0) is 0 Å². The summed E-state index contributed by atoms with van der Waals surface area (Å²) in [5.74, 6) is 0.170. The summed E-state index contributed by atoms with van der Waals surface area (Å²) in [5.41, 5.74) is 3.11. The second kappa shape index (κ2) is 7.54. The van der Waals surface area contributed by atoms with Crippen molar-refractivity contribution in [2.75, 3.05) is 7.11 Å². The summed E-state index contributed by atoms with van der Waals surface area (Å²) in [6.07, 6.45) is 1.49. The van der Waals surface area contributed by atoms with E-state index in [0.29, 0.717) is 5.69 Å². The molecule has 1 aromatic carbocycles. The first-order valence-corrected chi connectivity index (χ1v) is 8.16. The van der Waals surface area contributed by atoms with E-state index in [0.717, 1.165) is 16.2 Å². The van der Waals surface area contributed by atoms with E-state index in [1.54, 1.807) is 31.4 Å². The number of aromatic amines is 1. The Bertz CT molecular complexity index is 947. The number of nitrogens with one attached hydrogen (secondary N) is 2. The number of hydrazone groups is 1. The number of carbonyl (C=O) groups excluding carboxylic acids is 1. The summed E-state index contributed by atoms with van der Waals surface area (Å²) in [4.78, 5) is 31.0. The van der Waals surface area contributed by atoms with Crippen LogP contribution < -0.4 is 15.9 Å². The van der Waals surface area contributed by atoms with Crippen molar-refractivity contribution in [1.82, 2.24) is 15.4 Å². The second-order valence-corrected chi connectivity index (χ2v) is 5.88. The molecule has 1 amide bonds. The number of hydrogen-bond donors (Lipinski definition) is 2. The molecule has 0 unspecified atom stereocenters. The highest BCUT2D eigenvalue weighted by molar-refractivity contribution is 7.13. The third kappa shape index (κ3) is 4.18. The zero-order chi connectivity index (χ0) is 17.6. The van der Waals surface area contributed by atoms with Gasteiger partial charge in [0, 0.05) is 0 Å². The Morgan fingerprint density at radius 1 is 1.32 bits per heavy atom. The zero-order valence-corrected chi connectivity index (χ0v) is 14.0. The molecular formula is C17H14N4O3S. The minimum absolute atomic E-state index is 0.000897. The third-order valence-electron chi connectivity index (χ3n) is 3.26. The van der Waals surface area contributed by atoms with Gasteiger partial charge >= 0.3 is 5.69 Å². The van der Waals surface area contributed by atoms with Gasteiger partial charge in [-0.1, -0.05) is 6.07 Å². The van der Waals surface area contributed by atoms with E-state index in [-0.39, 0.29) is 5.69 Å². The summed E-state index contributed by atoms with van der Waals surface area (Å²) in [7, 11) is 1.59. The maximum absolute atomic E-state index is 12.2. The normalized spacial score (nSPS) is 10.8. The van der Waals surface area contributed by atoms with E-state index in [1.165, 1.54) is 23.6 Å². The number of ether oxygens (including phenoxy) is 1. The van der Waals surface area contributed by atoms with Crippen molar-refractivity contribution in [2.45, 2.75) is 0 Å². The van der Waals surface area contributed by atoms with Gasteiger partial charge in [-0.2, -0.15) is 10.1 Å². The van der Waals surface area contributed by atoms with Crippen molar-refractivity contribution < 1.29 is 9.53 Å². The average Bonchev–Trinajstić information content (AvgIpc) is 3.16. The highest BCUT2D eigenvalue weighted by atomic mass is 32.1. The van der Waals surface area contributed by atoms with Crippen molar-refractivity contribution in [3.05, 3.63) is 69.6 Å². The fraction of sp³-hybridized carbons (Fsp3) is 0.0588. The van der Waals surface area contributed by atoms with E-state index in [4.69, 9.17) is 4.74 Å². The van der Waals surface area contributed by atoms with Gasteiger partial charge in [-0.15, -0.1) is 11.3 Å². The molecule has 0 saturated carbocycles. The Balaban J connectivity index is 1.72. The number of rotatable bonds is 5. The number of thiophene rings is 1. The number of benzene rings is 1. The predicted molar refractivity (Wildman–Crippen MR) is 96.2 cm³/mol. The maximum Gasteiger partial charge on any atom is 0.346 e. The lowest BCUT2D eigenvalue weighted by Crippen LogP contribution is -2.24. The minimum atomic E-state index is -0.588. The molecule has 2 heterocycles. The topological polar surface area (TPSA) is 96.4 Å². The van der Waals surface area contributed by atoms with Crippen LogP contribution in [0.2, 0.25) is 0 Å². The predicted octanol–water partition coefficient (Wildman–Crippen LogP) is 2.27. The molecular weight excluding hydrogens is 340 g/mol. The number of hydrogen-bond acceptors (Lipinski definition) is 6. The molecule has 0 spiro atoms. The van der Waals surface area contributed by atoms with E-state index in [2.05, 4.69) is 20.5 Å². The van der Waals surface area contributed by atoms with Crippen LogP contribution in [0, 0.1) is 0 Å². The molecule has 0 aliphatic carbocycles. The zero-order valence-electron chi connectivity index (χ0n) is 13.2. The van der Waals surface area contributed by atoms with Gasteiger partial charge in [-0.25, -0.2) is 10.2 Å². The van der Waals surface area contributed by atoms with Crippen LogP contribution in [-0.4, -0.2) is 29.2 Å². The van der Waals surface area contributed by atoms with Crippen LogP contribution >= 0.6 is 11.3 Å². The average molecular weight is 354 g/mol. The van der Waals surface area contributed by atoms with Gasteiger partial charge < -0.3 is 9.72 Å². The van der Waals surface area contributed by atoms with Crippen molar-refractivity contribution in [3.8, 4) is 16.3 Å². The summed E-state index contributed by atoms with van der Waals surface area (Å²) >= 11 is 1.45. The summed E-state index contributed by atoms with van der Waals surface area (Å²) in [5, 5.41) is 5.76. The number of aromatic nitrogens is 2. The van der Waals surface area contributed by atoms with E-state index in [9.17, 15) is 9.59 Å². The second-order valence-electron chi connectivity index (χ2n) is 4.93. The smallest absolute Gasteiger partial charge is 0.346 e. The molecule has 2 aromatic heterocycles. The van der Waals surface area contributed by atoms with E-state index < -0.39 is 11.6 Å². The van der Waals surface area contributed by atoms with Gasteiger partial charge in [0.1, 0.15) is 11.4 Å². The Morgan fingerprint density at radius 2 is 2.12 bits per heavy atom. The van der Waals surface area contributed by atoms with Crippen LogP contribution in [0.25, 0.3) is 10.6 Å². The molecule has 0 radical (unpaired) electrons. The number of amides is 1. The van der Waals surface area contributed by atoms with E-state index in [1.807, 2.05) is 17.5 Å². The van der Waals surface area contributed by atoms with E-state index >= 15 is 0 Å². The standard InChI is InChI=1S/C17H14N4O3S/c1-24-12-6-4-11(5-7-12)10-18-21-16(22)14-9-13(19-17(23)20-14)15-3-2-8-25-15/h2-10H,1H3,(H,21,22)(H,19,20,23)/b18-10+. The molecule has 0 bridgehead atoms. The third-order valence-corrected chi connectivity index (χ3v) is 4.16. The monoisotopic (exact) mass is 354 g/mol. The van der Waals surface area contributed by atoms with Crippen molar-refractivity contribution in [2.24, 2.45) is 5.10 Å². The number of carbonyl (C=O) groups is 1. The summed E-state index contributed by atoms with van der Waals surface area (Å²) in [6, 6.07) is 12.4. The number of H-pyrrole nitrogens is 1. The lowest BCUT2D eigenvalue weighted by Gasteiger charge is -2.02. The molecule has 2 N–H and O–H groups in total. The Kier molecular flexibility index (Phi) is 5.00. The first kappa shape index (κ1) is 16.6. The molecule has 0 saturated heterocycles. The van der Waals surface area contributed by atoms with Crippen LogP contribution in [0.5, 0.6) is 5.75 Å². The Morgan fingerprint density at radius 3 is 2.80 bits per heavy atom. The van der Waals surface area contributed by atoms with Gasteiger partial charge in [0.15, 0.2) is 0 Å². The van der Waals surface area contributed by atoms with Gasteiger partial charge in [0.05, 0.1) is 23.9 Å². The fourth-order valence-corrected chi connectivity index (χ4v) is 2.75.